The van der Waals surface area contributed by atoms with Crippen LogP contribution in [0.4, 0.5) is 5.82 Å². The summed E-state index contributed by atoms with van der Waals surface area (Å²) in [6, 6.07) is 9.28. The summed E-state index contributed by atoms with van der Waals surface area (Å²) < 4.78 is 3.40. The van der Waals surface area contributed by atoms with Crippen molar-refractivity contribution >= 4 is 35.7 Å². The smallest absolute Gasteiger partial charge is 0.245 e. The minimum Gasteiger partial charge on any atom is -0.324 e. The van der Waals surface area contributed by atoms with Gasteiger partial charge in [0.05, 0.1) is 19.3 Å². The third-order valence-corrected chi connectivity index (χ3v) is 3.93. The topological polar surface area (TPSA) is 90.8 Å². The van der Waals surface area contributed by atoms with Crippen LogP contribution < -0.4 is 11.1 Å². The average Bonchev–Trinajstić information content (AvgIpc) is 3.19. The first-order chi connectivity index (χ1) is 11.7. The maximum Gasteiger partial charge on any atom is 0.245 e. The fourth-order valence-corrected chi connectivity index (χ4v) is 2.56. The largest absolute Gasteiger partial charge is 0.324 e. The molecule has 0 fully saturated rings. The molecule has 3 rings (SSSR count). The van der Waals surface area contributed by atoms with E-state index in [4.69, 9.17) is 17.3 Å². The van der Waals surface area contributed by atoms with Crippen LogP contribution in [0.3, 0.4) is 0 Å². The van der Waals surface area contributed by atoms with Crippen LogP contribution in [0.5, 0.6) is 0 Å². The van der Waals surface area contributed by atoms with Gasteiger partial charge in [-0.2, -0.15) is 5.10 Å². The van der Waals surface area contributed by atoms with E-state index in [1.54, 1.807) is 33.9 Å². The lowest BCUT2D eigenvalue weighted by Gasteiger charge is -2.11. The molecule has 0 atom stereocenters. The number of hydrogen-bond acceptors (Lipinski definition) is 4. The number of amides is 1. The summed E-state index contributed by atoms with van der Waals surface area (Å²) in [7, 11) is 0. The van der Waals surface area contributed by atoms with Crippen LogP contribution in [-0.4, -0.2) is 25.2 Å². The van der Waals surface area contributed by atoms with Gasteiger partial charge in [-0.3, -0.25) is 4.79 Å². The molecule has 7 nitrogen and oxygen atoms in total. The van der Waals surface area contributed by atoms with Crippen molar-refractivity contribution in [1.29, 1.82) is 0 Å². The standard InChI is InChI=1S/C16H17ClN6O.ClH/c17-13-4-2-1-3-12(13)10-23-14(5-6-20-23)21-16(24)11-22-8-7-19-15(22)9-18;/h1-8H,9-11,18H2,(H,21,24);1H. The predicted molar refractivity (Wildman–Crippen MR) is 98.8 cm³/mol. The predicted octanol–water partition coefficient (Wildman–Crippen LogP) is 2.30. The Morgan fingerprint density at radius 2 is 2.04 bits per heavy atom. The van der Waals surface area contributed by atoms with Gasteiger partial charge in [-0.1, -0.05) is 29.8 Å². The summed E-state index contributed by atoms with van der Waals surface area (Å²) in [5, 5.41) is 7.75. The number of anilines is 1. The van der Waals surface area contributed by atoms with Gasteiger partial charge in [0.1, 0.15) is 18.2 Å². The van der Waals surface area contributed by atoms with E-state index in [1.165, 1.54) is 0 Å². The van der Waals surface area contributed by atoms with Crippen LogP contribution in [-0.2, 0) is 24.4 Å². The second-order valence-corrected chi connectivity index (χ2v) is 5.60. The molecule has 9 heteroatoms. The van der Waals surface area contributed by atoms with Gasteiger partial charge in [0.15, 0.2) is 0 Å². The van der Waals surface area contributed by atoms with E-state index in [1.807, 2.05) is 24.3 Å². The molecule has 25 heavy (non-hydrogen) atoms. The Morgan fingerprint density at radius 3 is 2.80 bits per heavy atom. The molecule has 0 radical (unpaired) electrons. The van der Waals surface area contributed by atoms with E-state index < -0.39 is 0 Å². The van der Waals surface area contributed by atoms with E-state index in [0.29, 0.717) is 23.2 Å². The maximum absolute atomic E-state index is 12.2. The van der Waals surface area contributed by atoms with E-state index >= 15 is 0 Å². The quantitative estimate of drug-likeness (QED) is 0.686. The van der Waals surface area contributed by atoms with Gasteiger partial charge in [0.2, 0.25) is 5.91 Å². The average molecular weight is 381 g/mol. The Morgan fingerprint density at radius 1 is 1.24 bits per heavy atom. The van der Waals surface area contributed by atoms with Gasteiger partial charge in [-0.15, -0.1) is 12.4 Å². The van der Waals surface area contributed by atoms with E-state index in [-0.39, 0.29) is 31.4 Å². The molecule has 3 N–H and O–H groups in total. The van der Waals surface area contributed by atoms with Crippen LogP contribution >= 0.6 is 24.0 Å². The van der Waals surface area contributed by atoms with E-state index in [0.717, 1.165) is 5.56 Å². The fraction of sp³-hybridized carbons (Fsp3) is 0.188. The second kappa shape index (κ2) is 8.66. The number of nitrogens with zero attached hydrogens (tertiary/aromatic N) is 4. The zero-order chi connectivity index (χ0) is 16.9. The van der Waals surface area contributed by atoms with Crippen LogP contribution in [0.25, 0.3) is 0 Å². The molecule has 0 bridgehead atoms. The number of imidazole rings is 1. The summed E-state index contributed by atoms with van der Waals surface area (Å²) in [6.07, 6.45) is 4.98. The van der Waals surface area contributed by atoms with Crippen molar-refractivity contribution in [2.24, 2.45) is 5.73 Å². The first-order valence-corrected chi connectivity index (χ1v) is 7.80. The van der Waals surface area contributed by atoms with Gasteiger partial charge < -0.3 is 15.6 Å². The van der Waals surface area contributed by atoms with Gasteiger partial charge >= 0.3 is 0 Å². The number of carbonyl (C=O) groups is 1. The summed E-state index contributed by atoms with van der Waals surface area (Å²) in [4.78, 5) is 16.3. The number of halogens is 2. The van der Waals surface area contributed by atoms with Crippen molar-refractivity contribution < 1.29 is 4.79 Å². The maximum atomic E-state index is 12.2. The Bertz CT molecular complexity index is 845. The number of aromatic nitrogens is 4. The van der Waals surface area contributed by atoms with Crippen LogP contribution in [0.2, 0.25) is 5.02 Å². The molecule has 132 valence electrons. The van der Waals surface area contributed by atoms with E-state index in [9.17, 15) is 4.79 Å². The Hall–Kier alpha value is -2.35. The zero-order valence-corrected chi connectivity index (χ0v) is 14.9. The van der Waals surface area contributed by atoms with Gasteiger partial charge in [0.25, 0.3) is 0 Å². The number of nitrogens with two attached hydrogens (primary N) is 1. The number of carbonyl (C=O) groups excluding carboxylic acids is 1. The molecule has 0 aliphatic rings. The molecule has 2 heterocycles. The molecule has 0 saturated heterocycles. The Balaban J connectivity index is 0.00000225. The highest BCUT2D eigenvalue weighted by Crippen LogP contribution is 2.18. The molecule has 0 aliphatic carbocycles. The number of benzene rings is 1. The van der Waals surface area contributed by atoms with E-state index in [2.05, 4.69) is 15.4 Å². The molecular weight excluding hydrogens is 363 g/mol. The van der Waals surface area contributed by atoms with Crippen LogP contribution in [0.15, 0.2) is 48.9 Å². The van der Waals surface area contributed by atoms with Crippen molar-refractivity contribution in [1.82, 2.24) is 19.3 Å². The third-order valence-electron chi connectivity index (χ3n) is 3.56. The lowest BCUT2D eigenvalue weighted by molar-refractivity contribution is -0.116. The highest BCUT2D eigenvalue weighted by Gasteiger charge is 2.11. The molecule has 0 unspecified atom stereocenters. The minimum absolute atomic E-state index is 0. The Labute approximate surface area is 156 Å². The second-order valence-electron chi connectivity index (χ2n) is 5.19. The van der Waals surface area contributed by atoms with Crippen molar-refractivity contribution in [2.45, 2.75) is 19.6 Å². The van der Waals surface area contributed by atoms with Crippen molar-refractivity contribution in [2.75, 3.05) is 5.32 Å². The lowest BCUT2D eigenvalue weighted by Crippen LogP contribution is -2.22. The molecular formula is C16H18Cl2N6O. The normalized spacial score (nSPS) is 10.3. The van der Waals surface area contributed by atoms with Gasteiger partial charge in [-0.25, -0.2) is 9.67 Å². The summed E-state index contributed by atoms with van der Waals surface area (Å²) >= 11 is 6.18. The summed E-state index contributed by atoms with van der Waals surface area (Å²) in [5.41, 5.74) is 6.52. The lowest BCUT2D eigenvalue weighted by atomic mass is 10.2. The number of hydrogen-bond donors (Lipinski definition) is 2. The first-order valence-electron chi connectivity index (χ1n) is 7.42. The monoisotopic (exact) mass is 380 g/mol. The molecule has 1 aromatic carbocycles. The number of rotatable bonds is 6. The molecule has 0 aliphatic heterocycles. The number of nitrogens with one attached hydrogen (secondary N) is 1. The summed E-state index contributed by atoms with van der Waals surface area (Å²) in [5.74, 6) is 1.09. The van der Waals surface area contributed by atoms with Crippen LogP contribution in [0.1, 0.15) is 11.4 Å². The highest BCUT2D eigenvalue weighted by molar-refractivity contribution is 6.31. The molecule has 1 amide bonds. The molecule has 3 aromatic rings. The van der Waals surface area contributed by atoms with Crippen LogP contribution in [0, 0.1) is 0 Å². The molecule has 2 aromatic heterocycles. The van der Waals surface area contributed by atoms with Crippen molar-refractivity contribution in [3.63, 3.8) is 0 Å². The SMILES string of the molecule is Cl.NCc1nccn1CC(=O)Nc1ccnn1Cc1ccccc1Cl. The van der Waals surface area contributed by atoms with Crippen molar-refractivity contribution in [3.05, 3.63) is 65.3 Å². The summed E-state index contributed by atoms with van der Waals surface area (Å²) in [6.45, 7) is 0.899. The third kappa shape index (κ3) is 4.60. The fourth-order valence-electron chi connectivity index (χ4n) is 2.36. The first kappa shape index (κ1) is 19.0. The highest BCUT2D eigenvalue weighted by atomic mass is 35.5. The Kier molecular flexibility index (Phi) is 6.58. The van der Waals surface area contributed by atoms with Crippen molar-refractivity contribution in [3.8, 4) is 0 Å². The molecule has 0 saturated carbocycles. The van der Waals surface area contributed by atoms with Gasteiger partial charge in [-0.05, 0) is 11.6 Å². The zero-order valence-electron chi connectivity index (χ0n) is 13.3. The molecule has 0 spiro atoms. The minimum atomic E-state index is -0.177. The van der Waals surface area contributed by atoms with Gasteiger partial charge in [0, 0.05) is 23.5 Å².